The van der Waals surface area contributed by atoms with Crippen LogP contribution in [0.4, 0.5) is 0 Å². The van der Waals surface area contributed by atoms with Crippen molar-refractivity contribution in [2.75, 3.05) is 0 Å². The molecule has 0 aliphatic heterocycles. The van der Waals surface area contributed by atoms with E-state index in [9.17, 15) is 9.59 Å². The molecule has 0 heterocycles. The highest BCUT2D eigenvalue weighted by atomic mass is 16.6. The summed E-state index contributed by atoms with van der Waals surface area (Å²) in [6, 6.07) is 19.9. The fraction of sp³-hybridized carbons (Fsp3) is 0.333. The van der Waals surface area contributed by atoms with Crippen molar-refractivity contribution in [2.24, 2.45) is 0 Å². The van der Waals surface area contributed by atoms with Crippen molar-refractivity contribution in [1.82, 2.24) is 0 Å². The number of carbonyl (C=O) groups is 2. The molecule has 0 radical (unpaired) electrons. The number of unbranched alkanes of at least 4 members (excludes halogenated alkanes) is 1. The first-order valence-electron chi connectivity index (χ1n) is 12.0. The molecule has 178 valence electrons. The smallest absolute Gasteiger partial charge is 0.343 e. The van der Waals surface area contributed by atoms with Crippen LogP contribution in [0.1, 0.15) is 84.9 Å². The zero-order valence-corrected chi connectivity index (χ0v) is 20.8. The number of ether oxygens (including phenoxy) is 2. The fourth-order valence-corrected chi connectivity index (χ4v) is 3.94. The van der Waals surface area contributed by atoms with E-state index in [-0.39, 0.29) is 5.41 Å². The summed E-state index contributed by atoms with van der Waals surface area (Å²) < 4.78 is 12.0. The predicted molar refractivity (Wildman–Crippen MR) is 136 cm³/mol. The number of hydrogen-bond acceptors (Lipinski definition) is 4. The SMILES string of the molecule is CCCCc1c(C(C)(C)C)cc(CC)c(OC(=O)c2ccccc2)c1OC(=O)c1ccccc1. The maximum Gasteiger partial charge on any atom is 0.343 e. The van der Waals surface area contributed by atoms with E-state index in [1.807, 2.05) is 19.1 Å². The van der Waals surface area contributed by atoms with Crippen LogP contribution >= 0.6 is 0 Å². The number of aryl methyl sites for hydroxylation is 1. The largest absolute Gasteiger partial charge is 0.419 e. The standard InChI is InChI=1S/C30H34O4/c1-6-8-19-24-25(30(3,4)5)20-21(7-2)26(33-28(31)22-15-11-9-12-16-22)27(24)34-29(32)23-17-13-10-14-18-23/h9-18,20H,6-8,19H2,1-5H3. The third-order valence-electron chi connectivity index (χ3n) is 5.79. The van der Waals surface area contributed by atoms with E-state index >= 15 is 0 Å². The first kappa shape index (κ1) is 25.2. The van der Waals surface area contributed by atoms with Gasteiger partial charge in [-0.25, -0.2) is 9.59 Å². The van der Waals surface area contributed by atoms with E-state index in [2.05, 4.69) is 33.8 Å². The van der Waals surface area contributed by atoms with E-state index in [0.29, 0.717) is 29.0 Å². The molecule has 0 atom stereocenters. The van der Waals surface area contributed by atoms with Crippen LogP contribution in [0.25, 0.3) is 0 Å². The molecule has 0 unspecified atom stereocenters. The Kier molecular flexibility index (Phi) is 8.27. The highest BCUT2D eigenvalue weighted by molar-refractivity contribution is 5.93. The molecule has 0 aliphatic carbocycles. The summed E-state index contributed by atoms with van der Waals surface area (Å²) >= 11 is 0. The lowest BCUT2D eigenvalue weighted by atomic mass is 9.80. The van der Waals surface area contributed by atoms with Gasteiger partial charge in [0.1, 0.15) is 0 Å². The molecular weight excluding hydrogens is 424 g/mol. The van der Waals surface area contributed by atoms with Gasteiger partial charge in [-0.2, -0.15) is 0 Å². The van der Waals surface area contributed by atoms with Crippen LogP contribution in [0.5, 0.6) is 11.5 Å². The van der Waals surface area contributed by atoms with Gasteiger partial charge in [0.2, 0.25) is 0 Å². The predicted octanol–water partition coefficient (Wildman–Crippen LogP) is 7.33. The number of esters is 2. The van der Waals surface area contributed by atoms with Crippen molar-refractivity contribution < 1.29 is 19.1 Å². The Balaban J connectivity index is 2.19. The molecule has 0 N–H and O–H groups in total. The molecule has 0 aliphatic rings. The lowest BCUT2D eigenvalue weighted by Crippen LogP contribution is -2.20. The van der Waals surface area contributed by atoms with Gasteiger partial charge in [-0.05, 0) is 60.1 Å². The Morgan fingerprint density at radius 1 is 0.765 bits per heavy atom. The number of carbonyl (C=O) groups excluding carboxylic acids is 2. The Hall–Kier alpha value is -3.40. The second-order valence-electron chi connectivity index (χ2n) is 9.44. The second kappa shape index (κ2) is 11.1. The molecule has 0 aromatic heterocycles. The van der Waals surface area contributed by atoms with Gasteiger partial charge in [-0.15, -0.1) is 0 Å². The molecule has 0 spiro atoms. The third-order valence-corrected chi connectivity index (χ3v) is 5.79. The van der Waals surface area contributed by atoms with Crippen molar-refractivity contribution in [3.8, 4) is 11.5 Å². The molecule has 0 saturated carbocycles. The Morgan fingerprint density at radius 3 is 1.71 bits per heavy atom. The minimum atomic E-state index is -0.475. The zero-order valence-electron chi connectivity index (χ0n) is 20.8. The fourth-order valence-electron chi connectivity index (χ4n) is 3.94. The maximum absolute atomic E-state index is 13.1. The highest BCUT2D eigenvalue weighted by Gasteiger charge is 2.29. The van der Waals surface area contributed by atoms with E-state index in [4.69, 9.17) is 9.47 Å². The van der Waals surface area contributed by atoms with Gasteiger partial charge in [0, 0.05) is 5.56 Å². The first-order chi connectivity index (χ1) is 16.3. The van der Waals surface area contributed by atoms with Gasteiger partial charge in [0.25, 0.3) is 0 Å². The molecule has 0 amide bonds. The molecule has 3 aromatic carbocycles. The van der Waals surface area contributed by atoms with Crippen molar-refractivity contribution in [3.63, 3.8) is 0 Å². The summed E-state index contributed by atoms with van der Waals surface area (Å²) in [7, 11) is 0. The molecule has 34 heavy (non-hydrogen) atoms. The topological polar surface area (TPSA) is 52.6 Å². The average molecular weight is 459 g/mol. The summed E-state index contributed by atoms with van der Waals surface area (Å²) in [5.41, 5.74) is 3.58. The van der Waals surface area contributed by atoms with Crippen molar-refractivity contribution in [1.29, 1.82) is 0 Å². The molecule has 3 rings (SSSR count). The van der Waals surface area contributed by atoms with Crippen molar-refractivity contribution >= 4 is 11.9 Å². The molecule has 4 heteroatoms. The van der Waals surface area contributed by atoms with E-state index in [1.54, 1.807) is 48.5 Å². The second-order valence-corrected chi connectivity index (χ2v) is 9.44. The monoisotopic (exact) mass is 458 g/mol. The van der Waals surface area contributed by atoms with E-state index in [1.165, 1.54) is 0 Å². The summed E-state index contributed by atoms with van der Waals surface area (Å²) in [4.78, 5) is 26.2. The summed E-state index contributed by atoms with van der Waals surface area (Å²) in [6.45, 7) is 10.6. The summed E-state index contributed by atoms with van der Waals surface area (Å²) in [5, 5.41) is 0. The van der Waals surface area contributed by atoms with Crippen LogP contribution < -0.4 is 9.47 Å². The van der Waals surface area contributed by atoms with Crippen LogP contribution in [0.2, 0.25) is 0 Å². The number of rotatable bonds is 8. The Morgan fingerprint density at radius 2 is 1.26 bits per heavy atom. The normalized spacial score (nSPS) is 11.2. The molecule has 3 aromatic rings. The molecule has 0 bridgehead atoms. The number of hydrogen-bond donors (Lipinski definition) is 0. The average Bonchev–Trinajstić information content (AvgIpc) is 2.84. The van der Waals surface area contributed by atoms with Gasteiger partial charge in [0.05, 0.1) is 11.1 Å². The van der Waals surface area contributed by atoms with Crippen molar-refractivity contribution in [3.05, 3.63) is 94.5 Å². The van der Waals surface area contributed by atoms with Crippen molar-refractivity contribution in [2.45, 2.75) is 65.7 Å². The van der Waals surface area contributed by atoms with Gasteiger partial charge < -0.3 is 9.47 Å². The summed E-state index contributed by atoms with van der Waals surface area (Å²) in [5.74, 6) is -0.253. The maximum atomic E-state index is 13.1. The van der Waals surface area contributed by atoms with Gasteiger partial charge in [-0.1, -0.05) is 83.5 Å². The van der Waals surface area contributed by atoms with Gasteiger partial charge >= 0.3 is 11.9 Å². The van der Waals surface area contributed by atoms with Crippen LogP contribution in [-0.4, -0.2) is 11.9 Å². The van der Waals surface area contributed by atoms with Crippen LogP contribution in [0.15, 0.2) is 66.7 Å². The van der Waals surface area contributed by atoms with E-state index < -0.39 is 11.9 Å². The summed E-state index contributed by atoms with van der Waals surface area (Å²) in [6.07, 6.45) is 3.27. The third kappa shape index (κ3) is 5.93. The van der Waals surface area contributed by atoms with Crippen LogP contribution in [0.3, 0.4) is 0 Å². The molecule has 4 nitrogen and oxygen atoms in total. The number of benzene rings is 3. The van der Waals surface area contributed by atoms with Gasteiger partial charge in [0.15, 0.2) is 11.5 Å². The van der Waals surface area contributed by atoms with E-state index in [0.717, 1.165) is 36.0 Å². The minimum absolute atomic E-state index is 0.178. The molecule has 0 fully saturated rings. The quantitative estimate of drug-likeness (QED) is 0.262. The Labute approximate surface area is 202 Å². The van der Waals surface area contributed by atoms with Gasteiger partial charge in [-0.3, -0.25) is 0 Å². The van der Waals surface area contributed by atoms with Crippen LogP contribution in [-0.2, 0) is 18.3 Å². The van der Waals surface area contributed by atoms with Crippen LogP contribution in [0, 0.1) is 0 Å². The lowest BCUT2D eigenvalue weighted by molar-refractivity contribution is 0.0679. The molecule has 0 saturated heterocycles. The Bertz CT molecular complexity index is 1130. The first-order valence-corrected chi connectivity index (χ1v) is 12.0. The minimum Gasteiger partial charge on any atom is -0.419 e. The lowest BCUT2D eigenvalue weighted by Gasteiger charge is -2.28. The molecular formula is C30H34O4. The highest BCUT2D eigenvalue weighted by Crippen LogP contribution is 2.43. The zero-order chi connectivity index (χ0) is 24.7.